The maximum absolute atomic E-state index is 12.8. The van der Waals surface area contributed by atoms with Crippen LogP contribution < -0.4 is 4.90 Å². The van der Waals surface area contributed by atoms with Crippen LogP contribution in [0, 0.1) is 0 Å². The van der Waals surface area contributed by atoms with E-state index in [1.165, 1.54) is 19.3 Å². The molecule has 4 heteroatoms. The Morgan fingerprint density at radius 2 is 1.72 bits per heavy atom. The zero-order chi connectivity index (χ0) is 17.1. The van der Waals surface area contributed by atoms with E-state index in [1.54, 1.807) is 0 Å². The number of aromatic nitrogens is 1. The van der Waals surface area contributed by atoms with E-state index in [-0.39, 0.29) is 11.9 Å². The minimum atomic E-state index is 0.128. The minimum Gasteiger partial charge on any atom is -0.357 e. The van der Waals surface area contributed by atoms with Gasteiger partial charge in [-0.15, -0.1) is 0 Å². The summed E-state index contributed by atoms with van der Waals surface area (Å²) in [7, 11) is 0. The highest BCUT2D eigenvalue weighted by Gasteiger charge is 2.30. The second-order valence-electron chi connectivity index (χ2n) is 7.02. The minimum absolute atomic E-state index is 0.128. The molecule has 25 heavy (non-hydrogen) atoms. The van der Waals surface area contributed by atoms with Crippen molar-refractivity contribution in [3.8, 4) is 0 Å². The van der Waals surface area contributed by atoms with Crippen molar-refractivity contribution in [2.45, 2.75) is 38.1 Å². The maximum atomic E-state index is 12.8. The molecule has 1 aromatic carbocycles. The number of benzene rings is 1. The van der Waals surface area contributed by atoms with Crippen molar-refractivity contribution in [1.29, 1.82) is 0 Å². The largest absolute Gasteiger partial charge is 0.357 e. The van der Waals surface area contributed by atoms with E-state index in [2.05, 4.69) is 17.0 Å². The second-order valence-corrected chi connectivity index (χ2v) is 7.02. The van der Waals surface area contributed by atoms with Crippen LogP contribution >= 0.6 is 0 Å². The third-order valence-corrected chi connectivity index (χ3v) is 5.37. The fourth-order valence-electron chi connectivity index (χ4n) is 4.01. The Hall–Kier alpha value is -2.36. The topological polar surface area (TPSA) is 36.4 Å². The molecule has 2 fully saturated rings. The highest BCUT2D eigenvalue weighted by Crippen LogP contribution is 2.33. The Morgan fingerprint density at radius 1 is 0.920 bits per heavy atom. The smallest absolute Gasteiger partial charge is 0.254 e. The van der Waals surface area contributed by atoms with E-state index in [4.69, 9.17) is 4.98 Å². The van der Waals surface area contributed by atoms with Gasteiger partial charge in [-0.1, -0.05) is 24.3 Å². The fourth-order valence-corrected chi connectivity index (χ4v) is 4.01. The molecule has 2 aliphatic rings. The van der Waals surface area contributed by atoms with Crippen molar-refractivity contribution in [2.75, 3.05) is 24.5 Å². The summed E-state index contributed by atoms with van der Waals surface area (Å²) in [6.45, 7) is 3.04. The first-order chi connectivity index (χ1) is 12.3. The lowest BCUT2D eigenvalue weighted by molar-refractivity contribution is 0.0735. The van der Waals surface area contributed by atoms with E-state index in [1.807, 2.05) is 41.4 Å². The molecule has 0 N–H and O–H groups in total. The van der Waals surface area contributed by atoms with Crippen molar-refractivity contribution in [1.82, 2.24) is 9.88 Å². The first kappa shape index (κ1) is 16.1. The quantitative estimate of drug-likeness (QED) is 0.849. The zero-order valence-corrected chi connectivity index (χ0v) is 14.6. The van der Waals surface area contributed by atoms with Crippen LogP contribution in [0.15, 0.2) is 48.7 Å². The lowest BCUT2D eigenvalue weighted by Crippen LogP contribution is -2.31. The molecule has 4 nitrogen and oxygen atoms in total. The molecule has 130 valence electrons. The van der Waals surface area contributed by atoms with Crippen molar-refractivity contribution >= 4 is 11.7 Å². The highest BCUT2D eigenvalue weighted by molar-refractivity contribution is 5.94. The molecule has 0 radical (unpaired) electrons. The molecule has 0 spiro atoms. The first-order valence-electron chi connectivity index (χ1n) is 9.40. The standard InChI is InChI=1S/C21H25N3O/c25-21(17-8-3-1-4-9-17)24-15-7-10-19(24)18-11-12-20(22-16-18)23-13-5-2-6-14-23/h1,3-4,8-9,11-12,16,19H,2,5-7,10,13-15H2/t19-/m1/s1. The Balaban J connectivity index is 1.51. The molecule has 0 unspecified atom stereocenters. The van der Waals surface area contributed by atoms with Gasteiger partial charge in [-0.25, -0.2) is 4.98 Å². The molecule has 2 saturated heterocycles. The Kier molecular flexibility index (Phi) is 4.68. The Bertz CT molecular complexity index is 708. The molecule has 2 aliphatic heterocycles. The highest BCUT2D eigenvalue weighted by atomic mass is 16.2. The monoisotopic (exact) mass is 335 g/mol. The summed E-state index contributed by atoms with van der Waals surface area (Å²) in [5, 5.41) is 0. The van der Waals surface area contributed by atoms with E-state index in [9.17, 15) is 4.79 Å². The van der Waals surface area contributed by atoms with Crippen LogP contribution in [0.2, 0.25) is 0 Å². The predicted molar refractivity (Wildman–Crippen MR) is 99.8 cm³/mol. The Morgan fingerprint density at radius 3 is 2.44 bits per heavy atom. The van der Waals surface area contributed by atoms with Crippen LogP contribution in [0.3, 0.4) is 0 Å². The van der Waals surface area contributed by atoms with Crippen molar-refractivity contribution in [2.24, 2.45) is 0 Å². The number of nitrogens with zero attached hydrogens (tertiary/aromatic N) is 3. The molecule has 1 atom stereocenters. The van der Waals surface area contributed by atoms with Crippen LogP contribution in [0.1, 0.15) is 54.1 Å². The van der Waals surface area contributed by atoms with Gasteiger partial charge in [0.15, 0.2) is 0 Å². The number of carbonyl (C=O) groups excluding carboxylic acids is 1. The summed E-state index contributed by atoms with van der Waals surface area (Å²) in [4.78, 5) is 21.9. The summed E-state index contributed by atoms with van der Waals surface area (Å²) < 4.78 is 0. The average molecular weight is 335 g/mol. The first-order valence-corrected chi connectivity index (χ1v) is 9.40. The number of amides is 1. The molecule has 1 amide bonds. The molecular formula is C21H25N3O. The van der Waals surface area contributed by atoms with Gasteiger partial charge < -0.3 is 9.80 Å². The summed E-state index contributed by atoms with van der Waals surface area (Å²) in [5.41, 5.74) is 1.93. The molecule has 0 bridgehead atoms. The SMILES string of the molecule is O=C(c1ccccc1)N1CCC[C@@H]1c1ccc(N2CCCCC2)nc1. The van der Waals surface area contributed by atoms with Crippen LogP contribution in [-0.4, -0.2) is 35.4 Å². The molecule has 0 saturated carbocycles. The van der Waals surface area contributed by atoms with Crippen LogP contribution in [0.5, 0.6) is 0 Å². The van der Waals surface area contributed by atoms with Crippen molar-refractivity contribution in [3.05, 3.63) is 59.8 Å². The lowest BCUT2D eigenvalue weighted by Gasteiger charge is -2.29. The van der Waals surface area contributed by atoms with Gasteiger partial charge in [0, 0.05) is 31.4 Å². The van der Waals surface area contributed by atoms with Gasteiger partial charge in [-0.05, 0) is 55.9 Å². The van der Waals surface area contributed by atoms with Crippen molar-refractivity contribution in [3.63, 3.8) is 0 Å². The number of hydrogen-bond acceptors (Lipinski definition) is 3. The number of pyridine rings is 1. The summed E-state index contributed by atoms with van der Waals surface area (Å²) in [6.07, 6.45) is 7.88. The van der Waals surface area contributed by atoms with Gasteiger partial charge >= 0.3 is 0 Å². The van der Waals surface area contributed by atoms with Crippen molar-refractivity contribution < 1.29 is 4.79 Å². The van der Waals surface area contributed by atoms with Crippen LogP contribution in [-0.2, 0) is 0 Å². The van der Waals surface area contributed by atoms with E-state index < -0.39 is 0 Å². The molecule has 0 aliphatic carbocycles. The van der Waals surface area contributed by atoms with Gasteiger partial charge in [0.2, 0.25) is 0 Å². The average Bonchev–Trinajstić information content (AvgIpc) is 3.19. The molecule has 4 rings (SSSR count). The van der Waals surface area contributed by atoms with Gasteiger partial charge in [0.1, 0.15) is 5.82 Å². The van der Waals surface area contributed by atoms with E-state index in [0.29, 0.717) is 0 Å². The summed E-state index contributed by atoms with van der Waals surface area (Å²) >= 11 is 0. The van der Waals surface area contributed by atoms with Gasteiger partial charge in [-0.3, -0.25) is 4.79 Å². The van der Waals surface area contributed by atoms with E-state index >= 15 is 0 Å². The van der Waals surface area contributed by atoms with Gasteiger partial charge in [0.25, 0.3) is 5.91 Å². The number of anilines is 1. The molecule has 3 heterocycles. The third kappa shape index (κ3) is 3.39. The van der Waals surface area contributed by atoms with Crippen LogP contribution in [0.25, 0.3) is 0 Å². The lowest BCUT2D eigenvalue weighted by atomic mass is 10.1. The molecular weight excluding hydrogens is 310 g/mol. The van der Waals surface area contributed by atoms with Gasteiger partial charge in [0.05, 0.1) is 6.04 Å². The normalized spacial score (nSPS) is 20.7. The third-order valence-electron chi connectivity index (χ3n) is 5.37. The summed E-state index contributed by atoms with van der Waals surface area (Å²) in [6, 6.07) is 14.0. The number of rotatable bonds is 3. The number of carbonyl (C=O) groups is 1. The van der Waals surface area contributed by atoms with Gasteiger partial charge in [-0.2, -0.15) is 0 Å². The number of likely N-dealkylation sites (tertiary alicyclic amines) is 1. The van der Waals surface area contributed by atoms with E-state index in [0.717, 1.165) is 49.4 Å². The summed E-state index contributed by atoms with van der Waals surface area (Å²) in [5.74, 6) is 1.20. The molecule has 1 aromatic heterocycles. The predicted octanol–water partition coefficient (Wildman–Crippen LogP) is 4.05. The second kappa shape index (κ2) is 7.26. The fraction of sp³-hybridized carbons (Fsp3) is 0.429. The number of hydrogen-bond donors (Lipinski definition) is 0. The number of piperidine rings is 1. The zero-order valence-electron chi connectivity index (χ0n) is 14.6. The molecule has 2 aromatic rings. The Labute approximate surface area is 149 Å². The van der Waals surface area contributed by atoms with Crippen LogP contribution in [0.4, 0.5) is 5.82 Å². The maximum Gasteiger partial charge on any atom is 0.254 e.